The average molecular weight is 314 g/mol. The van der Waals surface area contributed by atoms with Gasteiger partial charge in [-0.1, -0.05) is 6.07 Å². The van der Waals surface area contributed by atoms with E-state index in [1.54, 1.807) is 0 Å². The molecular weight excluding hydrogens is 297 g/mol. The second-order valence-electron chi connectivity index (χ2n) is 5.06. The van der Waals surface area contributed by atoms with Crippen LogP contribution in [0.5, 0.6) is 0 Å². The maximum absolute atomic E-state index is 14.0. The minimum absolute atomic E-state index is 0.0703. The van der Waals surface area contributed by atoms with Gasteiger partial charge in [-0.15, -0.1) is 0 Å². The number of nitrogens with zero attached hydrogens (tertiary/aromatic N) is 1. The van der Waals surface area contributed by atoms with Crippen LogP contribution in [0.4, 0.5) is 4.39 Å². The number of hydrogen-bond donors (Lipinski definition) is 0. The van der Waals surface area contributed by atoms with E-state index in [1.807, 2.05) is 12.1 Å². The van der Waals surface area contributed by atoms with Crippen molar-refractivity contribution in [3.8, 4) is 0 Å². The Balaban J connectivity index is 1.78. The second kappa shape index (κ2) is 5.27. The first-order chi connectivity index (χ1) is 8.75. The van der Waals surface area contributed by atoms with Crippen molar-refractivity contribution in [2.75, 3.05) is 19.8 Å². The second-order valence-corrected chi connectivity index (χ2v) is 5.92. The number of halogens is 2. The molecule has 0 aromatic heterocycles. The summed E-state index contributed by atoms with van der Waals surface area (Å²) < 4.78 is 20.0. The molecule has 2 aliphatic rings. The van der Waals surface area contributed by atoms with Gasteiger partial charge in [0.05, 0.1) is 4.47 Å². The monoisotopic (exact) mass is 313 g/mol. The Kier molecular flexibility index (Phi) is 3.68. The van der Waals surface area contributed by atoms with Crippen molar-refractivity contribution < 1.29 is 9.13 Å². The summed E-state index contributed by atoms with van der Waals surface area (Å²) in [4.78, 5) is 2.48. The van der Waals surface area contributed by atoms with Gasteiger partial charge in [0.2, 0.25) is 0 Å². The van der Waals surface area contributed by atoms with Gasteiger partial charge < -0.3 is 4.74 Å². The first-order valence-corrected chi connectivity index (χ1v) is 7.32. The maximum atomic E-state index is 14.0. The molecule has 2 heterocycles. The smallest absolute Gasteiger partial charge is 0.140 e. The number of hydrogen-bond acceptors (Lipinski definition) is 2. The average Bonchev–Trinajstić information content (AvgIpc) is 2.44. The molecule has 2 aliphatic heterocycles. The van der Waals surface area contributed by atoms with E-state index in [0.29, 0.717) is 10.5 Å². The molecule has 3 rings (SSSR count). The molecule has 1 fully saturated rings. The molecule has 2 nitrogen and oxygen atoms in total. The zero-order chi connectivity index (χ0) is 12.5. The Morgan fingerprint density at radius 3 is 2.83 bits per heavy atom. The molecule has 4 heteroatoms. The molecule has 0 unspecified atom stereocenters. The molecule has 0 saturated carbocycles. The minimum Gasteiger partial charge on any atom is -0.381 e. The van der Waals surface area contributed by atoms with Crippen LogP contribution in [0.2, 0.25) is 0 Å². The van der Waals surface area contributed by atoms with E-state index in [0.717, 1.165) is 56.7 Å². The molecule has 1 saturated heterocycles. The summed E-state index contributed by atoms with van der Waals surface area (Å²) in [6, 6.07) is 4.48. The molecule has 0 aliphatic carbocycles. The lowest BCUT2D eigenvalue weighted by molar-refractivity contribution is 0.0288. The van der Waals surface area contributed by atoms with Crippen molar-refractivity contribution in [2.24, 2.45) is 0 Å². The lowest BCUT2D eigenvalue weighted by Gasteiger charge is -2.37. The van der Waals surface area contributed by atoms with Crippen LogP contribution in [0.3, 0.4) is 0 Å². The Morgan fingerprint density at radius 2 is 2.06 bits per heavy atom. The van der Waals surface area contributed by atoms with Gasteiger partial charge in [0.15, 0.2) is 0 Å². The van der Waals surface area contributed by atoms with Gasteiger partial charge in [-0.3, -0.25) is 4.90 Å². The first-order valence-electron chi connectivity index (χ1n) is 6.53. The van der Waals surface area contributed by atoms with Crippen molar-refractivity contribution in [1.82, 2.24) is 4.90 Å². The van der Waals surface area contributed by atoms with Crippen LogP contribution in [0, 0.1) is 5.82 Å². The van der Waals surface area contributed by atoms with E-state index >= 15 is 0 Å². The highest BCUT2D eigenvalue weighted by atomic mass is 79.9. The van der Waals surface area contributed by atoms with Crippen molar-refractivity contribution in [2.45, 2.75) is 31.8 Å². The Bertz CT molecular complexity index is 446. The highest BCUT2D eigenvalue weighted by Crippen LogP contribution is 2.29. The SMILES string of the molecule is Fc1c(Br)ccc2c1CCN(C1CCOCC1)C2. The molecule has 1 aromatic rings. The van der Waals surface area contributed by atoms with Crippen molar-refractivity contribution >= 4 is 15.9 Å². The lowest BCUT2D eigenvalue weighted by atomic mass is 9.96. The largest absolute Gasteiger partial charge is 0.381 e. The van der Waals surface area contributed by atoms with Crippen molar-refractivity contribution in [1.29, 1.82) is 0 Å². The molecule has 0 spiro atoms. The van der Waals surface area contributed by atoms with Gasteiger partial charge in [0.1, 0.15) is 5.82 Å². The fourth-order valence-electron chi connectivity index (χ4n) is 2.97. The van der Waals surface area contributed by atoms with E-state index in [1.165, 1.54) is 0 Å². The Hall–Kier alpha value is -0.450. The van der Waals surface area contributed by atoms with E-state index in [4.69, 9.17) is 4.74 Å². The molecule has 0 N–H and O–H groups in total. The number of benzene rings is 1. The normalized spacial score (nSPS) is 21.9. The summed E-state index contributed by atoms with van der Waals surface area (Å²) in [5, 5.41) is 0. The van der Waals surface area contributed by atoms with Crippen LogP contribution in [-0.4, -0.2) is 30.7 Å². The Labute approximate surface area is 115 Å². The minimum atomic E-state index is -0.0703. The predicted octanol–water partition coefficient (Wildman–Crippen LogP) is 3.13. The highest BCUT2D eigenvalue weighted by Gasteiger charge is 2.26. The first kappa shape index (κ1) is 12.6. The van der Waals surface area contributed by atoms with E-state index < -0.39 is 0 Å². The van der Waals surface area contributed by atoms with Gasteiger partial charge in [-0.25, -0.2) is 4.39 Å². The number of fused-ring (bicyclic) bond motifs is 1. The molecule has 0 amide bonds. The zero-order valence-electron chi connectivity index (χ0n) is 10.3. The summed E-state index contributed by atoms with van der Waals surface area (Å²) in [6.07, 6.45) is 3.03. The van der Waals surface area contributed by atoms with Crippen LogP contribution in [0.1, 0.15) is 24.0 Å². The van der Waals surface area contributed by atoms with Crippen LogP contribution in [0.15, 0.2) is 16.6 Å². The third-order valence-electron chi connectivity index (χ3n) is 4.02. The summed E-state index contributed by atoms with van der Waals surface area (Å²) in [5.74, 6) is -0.0703. The van der Waals surface area contributed by atoms with Crippen LogP contribution in [-0.2, 0) is 17.7 Å². The van der Waals surface area contributed by atoms with Gasteiger partial charge in [-0.05, 0) is 52.4 Å². The van der Waals surface area contributed by atoms with Crippen LogP contribution >= 0.6 is 15.9 Å². The van der Waals surface area contributed by atoms with Crippen molar-refractivity contribution in [3.05, 3.63) is 33.5 Å². The van der Waals surface area contributed by atoms with Gasteiger partial charge in [0, 0.05) is 32.3 Å². The maximum Gasteiger partial charge on any atom is 0.140 e. The van der Waals surface area contributed by atoms with Gasteiger partial charge >= 0.3 is 0 Å². The third kappa shape index (κ3) is 2.33. The molecular formula is C14H17BrFNO. The topological polar surface area (TPSA) is 12.5 Å². The predicted molar refractivity (Wildman–Crippen MR) is 72.1 cm³/mol. The van der Waals surface area contributed by atoms with Crippen LogP contribution < -0.4 is 0 Å². The quantitative estimate of drug-likeness (QED) is 0.790. The lowest BCUT2D eigenvalue weighted by Crippen LogP contribution is -2.42. The fraction of sp³-hybridized carbons (Fsp3) is 0.571. The number of rotatable bonds is 1. The summed E-state index contributed by atoms with van der Waals surface area (Å²) in [5.41, 5.74) is 2.04. The fourth-order valence-corrected chi connectivity index (χ4v) is 3.34. The summed E-state index contributed by atoms with van der Waals surface area (Å²) in [6.45, 7) is 3.57. The molecule has 0 atom stereocenters. The molecule has 98 valence electrons. The summed E-state index contributed by atoms with van der Waals surface area (Å²) in [7, 11) is 0. The Morgan fingerprint density at radius 1 is 1.28 bits per heavy atom. The van der Waals surface area contributed by atoms with Crippen molar-refractivity contribution in [3.63, 3.8) is 0 Å². The molecule has 0 bridgehead atoms. The van der Waals surface area contributed by atoms with Gasteiger partial charge in [0.25, 0.3) is 0 Å². The standard InChI is InChI=1S/C14H17BrFNO/c15-13-2-1-10-9-17(6-3-12(10)14(13)16)11-4-7-18-8-5-11/h1-2,11H,3-9H2. The van der Waals surface area contributed by atoms with Crippen LogP contribution in [0.25, 0.3) is 0 Å². The summed E-state index contributed by atoms with van der Waals surface area (Å²) >= 11 is 3.26. The number of ether oxygens (including phenoxy) is 1. The molecule has 18 heavy (non-hydrogen) atoms. The third-order valence-corrected chi connectivity index (χ3v) is 4.64. The van der Waals surface area contributed by atoms with E-state index in [9.17, 15) is 4.39 Å². The highest BCUT2D eigenvalue weighted by molar-refractivity contribution is 9.10. The molecule has 0 radical (unpaired) electrons. The molecule has 1 aromatic carbocycles. The van der Waals surface area contributed by atoms with E-state index in [2.05, 4.69) is 20.8 Å². The van der Waals surface area contributed by atoms with Gasteiger partial charge in [-0.2, -0.15) is 0 Å². The van der Waals surface area contributed by atoms with E-state index in [-0.39, 0.29) is 5.82 Å². The zero-order valence-corrected chi connectivity index (χ0v) is 11.9.